The molecule has 18 heavy (non-hydrogen) atoms. The van der Waals surface area contributed by atoms with Crippen molar-refractivity contribution < 1.29 is 0 Å². The van der Waals surface area contributed by atoms with Crippen molar-refractivity contribution in [3.63, 3.8) is 0 Å². The Morgan fingerprint density at radius 2 is 1.94 bits per heavy atom. The SMILES string of the molecule is CCNC(CCN1CCCC(C)C1C)C(C)(C)C. The van der Waals surface area contributed by atoms with E-state index >= 15 is 0 Å². The highest BCUT2D eigenvalue weighted by Gasteiger charge is 2.28. The summed E-state index contributed by atoms with van der Waals surface area (Å²) in [5.41, 5.74) is 0.362. The van der Waals surface area contributed by atoms with Crippen LogP contribution in [-0.2, 0) is 0 Å². The van der Waals surface area contributed by atoms with Gasteiger partial charge in [0.25, 0.3) is 0 Å². The molecular weight excluding hydrogens is 220 g/mol. The maximum absolute atomic E-state index is 3.66. The highest BCUT2D eigenvalue weighted by atomic mass is 15.2. The second kappa shape index (κ2) is 6.91. The molecule has 1 fully saturated rings. The predicted molar refractivity (Wildman–Crippen MR) is 81.0 cm³/mol. The Morgan fingerprint density at radius 3 is 2.50 bits per heavy atom. The summed E-state index contributed by atoms with van der Waals surface area (Å²) in [5.74, 6) is 0.867. The summed E-state index contributed by atoms with van der Waals surface area (Å²) in [6.07, 6.45) is 4.06. The standard InChI is InChI=1S/C16H34N2/c1-7-17-15(16(4,5)6)10-12-18-11-8-9-13(2)14(18)3/h13-15,17H,7-12H2,1-6H3. The molecule has 0 spiro atoms. The number of piperidine rings is 1. The van der Waals surface area contributed by atoms with Gasteiger partial charge in [-0.2, -0.15) is 0 Å². The average Bonchev–Trinajstić information content (AvgIpc) is 2.28. The fourth-order valence-corrected chi connectivity index (χ4v) is 3.12. The summed E-state index contributed by atoms with van der Waals surface area (Å²) >= 11 is 0. The Bertz CT molecular complexity index is 232. The summed E-state index contributed by atoms with van der Waals surface area (Å²) in [5, 5.41) is 3.66. The van der Waals surface area contributed by atoms with Gasteiger partial charge in [0.2, 0.25) is 0 Å². The molecule has 1 heterocycles. The fraction of sp³-hybridized carbons (Fsp3) is 1.00. The third kappa shape index (κ3) is 4.55. The summed E-state index contributed by atoms with van der Waals surface area (Å²) in [6, 6.07) is 1.40. The van der Waals surface area contributed by atoms with Crippen molar-refractivity contribution in [2.75, 3.05) is 19.6 Å². The average molecular weight is 254 g/mol. The Hall–Kier alpha value is -0.0800. The lowest BCUT2D eigenvalue weighted by Gasteiger charge is -2.40. The van der Waals surface area contributed by atoms with E-state index in [1.807, 2.05) is 0 Å². The van der Waals surface area contributed by atoms with Crippen LogP contribution >= 0.6 is 0 Å². The van der Waals surface area contributed by atoms with Crippen LogP contribution in [-0.4, -0.2) is 36.6 Å². The number of nitrogens with zero attached hydrogens (tertiary/aromatic N) is 1. The summed E-state index contributed by atoms with van der Waals surface area (Å²) < 4.78 is 0. The van der Waals surface area contributed by atoms with Gasteiger partial charge in [0.1, 0.15) is 0 Å². The van der Waals surface area contributed by atoms with Gasteiger partial charge in [-0.25, -0.2) is 0 Å². The molecule has 0 saturated carbocycles. The Balaban J connectivity index is 2.46. The zero-order valence-electron chi connectivity index (χ0n) is 13.4. The van der Waals surface area contributed by atoms with E-state index in [1.54, 1.807) is 0 Å². The van der Waals surface area contributed by atoms with Crippen molar-refractivity contribution in [3.05, 3.63) is 0 Å². The monoisotopic (exact) mass is 254 g/mol. The topological polar surface area (TPSA) is 15.3 Å². The molecule has 0 aromatic rings. The van der Waals surface area contributed by atoms with Crippen LogP contribution in [0, 0.1) is 11.3 Å². The van der Waals surface area contributed by atoms with Crippen LogP contribution in [0.1, 0.15) is 60.8 Å². The van der Waals surface area contributed by atoms with Crippen LogP contribution in [0.25, 0.3) is 0 Å². The van der Waals surface area contributed by atoms with Crippen LogP contribution in [0.3, 0.4) is 0 Å². The minimum Gasteiger partial charge on any atom is -0.314 e. The lowest BCUT2D eigenvalue weighted by atomic mass is 9.84. The van der Waals surface area contributed by atoms with Crippen LogP contribution < -0.4 is 5.32 Å². The molecule has 1 N–H and O–H groups in total. The molecule has 3 unspecified atom stereocenters. The number of rotatable bonds is 5. The molecule has 2 heteroatoms. The first-order valence-electron chi connectivity index (χ1n) is 7.83. The summed E-state index contributed by atoms with van der Waals surface area (Å²) in [7, 11) is 0. The highest BCUT2D eigenvalue weighted by Crippen LogP contribution is 2.26. The maximum atomic E-state index is 3.66. The summed E-state index contributed by atoms with van der Waals surface area (Å²) in [6.45, 7) is 17.7. The minimum absolute atomic E-state index is 0.362. The zero-order chi connectivity index (χ0) is 13.8. The van der Waals surface area contributed by atoms with E-state index in [4.69, 9.17) is 0 Å². The van der Waals surface area contributed by atoms with Crippen LogP contribution in [0.2, 0.25) is 0 Å². The van der Waals surface area contributed by atoms with Crippen LogP contribution in [0.4, 0.5) is 0 Å². The number of nitrogens with one attached hydrogen (secondary N) is 1. The molecule has 0 aromatic heterocycles. The molecule has 0 amide bonds. The van der Waals surface area contributed by atoms with Crippen molar-refractivity contribution in [2.45, 2.75) is 72.9 Å². The first-order chi connectivity index (χ1) is 8.36. The molecule has 2 nitrogen and oxygen atoms in total. The van der Waals surface area contributed by atoms with E-state index in [9.17, 15) is 0 Å². The normalized spacial score (nSPS) is 28.3. The molecule has 1 saturated heterocycles. The molecule has 0 aromatic carbocycles. The van der Waals surface area contributed by atoms with Crippen molar-refractivity contribution >= 4 is 0 Å². The van der Waals surface area contributed by atoms with Gasteiger partial charge in [-0.15, -0.1) is 0 Å². The van der Waals surface area contributed by atoms with Crippen LogP contribution in [0.15, 0.2) is 0 Å². The number of hydrogen-bond acceptors (Lipinski definition) is 2. The van der Waals surface area contributed by atoms with Gasteiger partial charge in [-0.05, 0) is 57.2 Å². The molecule has 1 aliphatic rings. The zero-order valence-corrected chi connectivity index (χ0v) is 13.4. The molecule has 3 atom stereocenters. The Labute approximate surface area is 115 Å². The Morgan fingerprint density at radius 1 is 1.28 bits per heavy atom. The van der Waals surface area contributed by atoms with E-state index in [-0.39, 0.29) is 0 Å². The second-order valence-electron chi connectivity index (χ2n) is 7.16. The Kier molecular flexibility index (Phi) is 6.13. The van der Waals surface area contributed by atoms with E-state index < -0.39 is 0 Å². The van der Waals surface area contributed by atoms with Gasteiger partial charge in [0, 0.05) is 12.1 Å². The quantitative estimate of drug-likeness (QED) is 0.807. The molecular formula is C16H34N2. The molecule has 1 rings (SSSR count). The van der Waals surface area contributed by atoms with Crippen molar-refractivity contribution in [3.8, 4) is 0 Å². The first kappa shape index (κ1) is 16.0. The fourth-order valence-electron chi connectivity index (χ4n) is 3.12. The lowest BCUT2D eigenvalue weighted by Crippen LogP contribution is -2.47. The van der Waals surface area contributed by atoms with Crippen LogP contribution in [0.5, 0.6) is 0 Å². The van der Waals surface area contributed by atoms with Gasteiger partial charge in [0.15, 0.2) is 0 Å². The molecule has 0 bridgehead atoms. The van der Waals surface area contributed by atoms with Gasteiger partial charge in [0.05, 0.1) is 0 Å². The molecule has 108 valence electrons. The maximum Gasteiger partial charge on any atom is 0.0128 e. The van der Waals surface area contributed by atoms with Gasteiger partial charge in [-0.1, -0.05) is 34.6 Å². The van der Waals surface area contributed by atoms with Gasteiger partial charge in [-0.3, -0.25) is 0 Å². The molecule has 0 aliphatic carbocycles. The van der Waals surface area contributed by atoms with E-state index in [2.05, 4.69) is 51.8 Å². The van der Waals surface area contributed by atoms with Crippen molar-refractivity contribution in [1.29, 1.82) is 0 Å². The highest BCUT2D eigenvalue weighted by molar-refractivity contribution is 4.84. The lowest BCUT2D eigenvalue weighted by molar-refractivity contribution is 0.101. The third-order valence-electron chi connectivity index (χ3n) is 4.71. The molecule has 0 radical (unpaired) electrons. The van der Waals surface area contributed by atoms with Gasteiger partial charge < -0.3 is 10.2 Å². The van der Waals surface area contributed by atoms with E-state index in [1.165, 1.54) is 32.4 Å². The minimum atomic E-state index is 0.362. The number of hydrogen-bond donors (Lipinski definition) is 1. The molecule has 1 aliphatic heterocycles. The largest absolute Gasteiger partial charge is 0.314 e. The first-order valence-corrected chi connectivity index (χ1v) is 7.83. The second-order valence-corrected chi connectivity index (χ2v) is 7.16. The van der Waals surface area contributed by atoms with E-state index in [0.29, 0.717) is 11.5 Å². The van der Waals surface area contributed by atoms with Gasteiger partial charge >= 0.3 is 0 Å². The smallest absolute Gasteiger partial charge is 0.0128 e. The predicted octanol–water partition coefficient (Wildman–Crippen LogP) is 3.52. The van der Waals surface area contributed by atoms with Crippen molar-refractivity contribution in [1.82, 2.24) is 10.2 Å². The van der Waals surface area contributed by atoms with Crippen molar-refractivity contribution in [2.24, 2.45) is 11.3 Å². The summed E-state index contributed by atoms with van der Waals surface area (Å²) in [4.78, 5) is 2.70. The number of likely N-dealkylation sites (tertiary alicyclic amines) is 1. The third-order valence-corrected chi connectivity index (χ3v) is 4.71. The van der Waals surface area contributed by atoms with E-state index in [0.717, 1.165) is 18.5 Å².